The van der Waals surface area contributed by atoms with Gasteiger partial charge in [-0.2, -0.15) is 12.7 Å². The number of nitrogens with zero attached hydrogens (tertiary/aromatic N) is 4. The van der Waals surface area contributed by atoms with Crippen molar-refractivity contribution < 1.29 is 56.2 Å². The molecule has 2 aromatic rings. The molecule has 19 nitrogen and oxygen atoms in total. The van der Waals surface area contributed by atoms with Gasteiger partial charge in [0.15, 0.2) is 16.9 Å². The van der Waals surface area contributed by atoms with Crippen molar-refractivity contribution in [3.05, 3.63) is 51.0 Å². The average molecular weight is 691 g/mol. The van der Waals surface area contributed by atoms with Crippen molar-refractivity contribution in [2.45, 2.75) is 38.1 Å². The molecular weight excluding hydrogens is 668 g/mol. The lowest BCUT2D eigenvalue weighted by atomic mass is 9.98. The van der Waals surface area contributed by atoms with Crippen LogP contribution in [-0.4, -0.2) is 93.2 Å². The second-order valence-corrected chi connectivity index (χ2v) is 11.7. The van der Waals surface area contributed by atoms with Crippen LogP contribution in [0, 0.1) is 10.1 Å². The van der Waals surface area contributed by atoms with Gasteiger partial charge in [0.1, 0.15) is 24.2 Å². The van der Waals surface area contributed by atoms with Crippen LogP contribution in [0.15, 0.2) is 34.8 Å². The van der Waals surface area contributed by atoms with Crippen molar-refractivity contribution in [2.24, 2.45) is 5.16 Å². The Morgan fingerprint density at radius 1 is 1.24 bits per heavy atom. The molecule has 1 aliphatic heterocycles. The normalized spacial score (nSPS) is 16.7. The van der Waals surface area contributed by atoms with Crippen LogP contribution >= 0.6 is 22.9 Å². The Bertz CT molecular complexity index is 1660. The molecule has 22 heteroatoms. The van der Waals surface area contributed by atoms with E-state index in [4.69, 9.17) is 21.2 Å². The summed E-state index contributed by atoms with van der Waals surface area (Å²) in [4.78, 5) is 81.9. The number of carbonyl (C=O) groups excluding carboxylic acids is 5. The lowest BCUT2D eigenvalue weighted by Gasteiger charge is -2.41. The standard InChI is InChI=1S/C23H23ClN6O13S2/c1-23(2,21(35)42-9-11-4-6-12(7-5-11)30(36)37)43-28-15(13-10-44-22(25-13)26-14(31)8-24)18(32)27-16-17(20(34)41-3)29(19(16)33)45(38,39)40/h4-7,10,16-17H,8-9H2,1-3H3,(H,27,32)(H,25,26,31)(H,38,39,40)/t16-,17-/m1/s1. The third-order valence-electron chi connectivity index (χ3n) is 5.73. The van der Waals surface area contributed by atoms with Crippen LogP contribution < -0.4 is 10.6 Å². The fourth-order valence-corrected chi connectivity index (χ4v) is 5.07. The predicted octanol–water partition coefficient (Wildman–Crippen LogP) is 0.143. The molecule has 0 unspecified atom stereocenters. The van der Waals surface area contributed by atoms with E-state index < -0.39 is 74.2 Å². The third kappa shape index (κ3) is 8.26. The summed E-state index contributed by atoms with van der Waals surface area (Å²) in [6.07, 6.45) is 0. The second-order valence-electron chi connectivity index (χ2n) is 9.29. The second kappa shape index (κ2) is 13.9. The van der Waals surface area contributed by atoms with Gasteiger partial charge in [0.2, 0.25) is 11.5 Å². The minimum atomic E-state index is -5.21. The quantitative estimate of drug-likeness (QED) is 0.0480. The van der Waals surface area contributed by atoms with Gasteiger partial charge in [0.25, 0.3) is 17.5 Å². The number of benzene rings is 1. The van der Waals surface area contributed by atoms with Gasteiger partial charge in [-0.1, -0.05) is 5.16 Å². The van der Waals surface area contributed by atoms with Crippen LogP contribution in [0.1, 0.15) is 25.1 Å². The first kappa shape index (κ1) is 34.8. The highest BCUT2D eigenvalue weighted by Gasteiger charge is 2.58. The predicted molar refractivity (Wildman–Crippen MR) is 152 cm³/mol. The molecule has 0 bridgehead atoms. The number of hydrogen-bond donors (Lipinski definition) is 3. The SMILES string of the molecule is COC(=O)[C@H]1[C@@H](NC(=O)C(=NOC(C)(C)C(=O)OCc2ccc([N+](=O)[O-])cc2)c2csc(NC(=O)CCl)n2)C(=O)N1S(=O)(=O)O. The van der Waals surface area contributed by atoms with Crippen LogP contribution in [-0.2, 0) is 55.2 Å². The van der Waals surface area contributed by atoms with Crippen molar-refractivity contribution in [1.29, 1.82) is 0 Å². The topological polar surface area (TPSA) is 263 Å². The number of β-lactam (4-membered cyclic amide) rings is 1. The van der Waals surface area contributed by atoms with Crippen molar-refractivity contribution in [3.63, 3.8) is 0 Å². The number of carbonyl (C=O) groups is 5. The van der Waals surface area contributed by atoms with Crippen molar-refractivity contribution in [2.75, 3.05) is 18.3 Å². The first-order chi connectivity index (χ1) is 21.0. The number of aromatic nitrogens is 1. The number of rotatable bonds is 13. The Kier molecular flexibility index (Phi) is 10.8. The van der Waals surface area contributed by atoms with Gasteiger partial charge in [0, 0.05) is 17.5 Å². The molecule has 3 amide bonds. The summed E-state index contributed by atoms with van der Waals surface area (Å²) >= 11 is 6.30. The number of nitro groups is 1. The molecule has 0 aliphatic carbocycles. The number of thiazole rings is 1. The smallest absolute Gasteiger partial charge is 0.363 e. The van der Waals surface area contributed by atoms with E-state index in [1.165, 1.54) is 43.5 Å². The number of ether oxygens (including phenoxy) is 2. The van der Waals surface area contributed by atoms with E-state index >= 15 is 0 Å². The summed E-state index contributed by atoms with van der Waals surface area (Å²) < 4.78 is 42.0. The number of halogens is 1. The summed E-state index contributed by atoms with van der Waals surface area (Å²) in [6, 6.07) is 1.36. The average Bonchev–Trinajstić information content (AvgIpc) is 3.43. The number of anilines is 1. The number of non-ortho nitro benzene ring substituents is 1. The van der Waals surface area contributed by atoms with E-state index in [2.05, 4.69) is 25.5 Å². The lowest BCUT2D eigenvalue weighted by Crippen LogP contribution is -2.74. The van der Waals surface area contributed by atoms with Crippen LogP contribution in [0.4, 0.5) is 10.8 Å². The number of hydrogen-bond acceptors (Lipinski definition) is 15. The van der Waals surface area contributed by atoms with Crippen molar-refractivity contribution in [1.82, 2.24) is 14.6 Å². The van der Waals surface area contributed by atoms with Crippen LogP contribution in [0.5, 0.6) is 0 Å². The van der Waals surface area contributed by atoms with E-state index in [0.29, 0.717) is 5.56 Å². The first-order valence-corrected chi connectivity index (χ1v) is 15.0. The van der Waals surface area contributed by atoms with Crippen molar-refractivity contribution >= 4 is 79.4 Å². The fraction of sp³-hybridized carbons (Fsp3) is 0.348. The molecule has 0 radical (unpaired) electrons. The number of nitro benzene ring substituents is 1. The Labute approximate surface area is 262 Å². The van der Waals surface area contributed by atoms with Crippen molar-refractivity contribution in [3.8, 4) is 0 Å². The summed E-state index contributed by atoms with van der Waals surface area (Å²) in [5, 5.41) is 20.2. The van der Waals surface area contributed by atoms with E-state index in [1.807, 2.05) is 0 Å². The van der Waals surface area contributed by atoms with Crippen LogP contribution in [0.2, 0.25) is 0 Å². The molecule has 3 N–H and O–H groups in total. The van der Waals surface area contributed by atoms with Gasteiger partial charge >= 0.3 is 22.2 Å². The number of oxime groups is 1. The number of amides is 3. The van der Waals surface area contributed by atoms with Gasteiger partial charge in [0.05, 0.1) is 12.0 Å². The monoisotopic (exact) mass is 690 g/mol. The van der Waals surface area contributed by atoms with E-state index in [0.717, 1.165) is 18.4 Å². The highest BCUT2D eigenvalue weighted by atomic mass is 35.5. The Balaban J connectivity index is 1.85. The fourth-order valence-electron chi connectivity index (χ4n) is 3.45. The van der Waals surface area contributed by atoms with Gasteiger partial charge < -0.3 is 24.9 Å². The maximum atomic E-state index is 13.3. The highest BCUT2D eigenvalue weighted by Crippen LogP contribution is 2.25. The molecule has 2 heterocycles. The molecule has 1 aromatic heterocycles. The Hall–Kier alpha value is -4.73. The van der Waals surface area contributed by atoms with Gasteiger partial charge in [-0.05, 0) is 31.5 Å². The maximum absolute atomic E-state index is 13.3. The third-order valence-corrected chi connectivity index (χ3v) is 7.64. The number of methoxy groups -OCH3 is 1. The molecule has 1 saturated heterocycles. The van der Waals surface area contributed by atoms with E-state index in [1.54, 1.807) is 0 Å². The molecule has 3 rings (SSSR count). The summed E-state index contributed by atoms with van der Waals surface area (Å²) in [5.74, 6) is -5.97. The zero-order valence-electron chi connectivity index (χ0n) is 23.3. The van der Waals surface area contributed by atoms with E-state index in [9.17, 15) is 47.1 Å². The summed E-state index contributed by atoms with van der Waals surface area (Å²) in [6.45, 7) is 2.15. The lowest BCUT2D eigenvalue weighted by molar-refractivity contribution is -0.384. The zero-order valence-corrected chi connectivity index (χ0v) is 25.7. The molecular formula is C23H23ClN6O13S2. The molecule has 0 spiro atoms. The number of alkyl halides is 1. The zero-order chi connectivity index (χ0) is 33.7. The van der Waals surface area contributed by atoms with Crippen LogP contribution in [0.25, 0.3) is 0 Å². The summed E-state index contributed by atoms with van der Waals surface area (Å²) in [5.41, 5.74) is -2.60. The van der Waals surface area contributed by atoms with Gasteiger partial charge in [-0.25, -0.2) is 14.6 Å². The minimum Gasteiger partial charge on any atom is -0.467 e. The number of nitrogens with one attached hydrogen (secondary N) is 2. The molecule has 2 atom stereocenters. The molecule has 1 aromatic carbocycles. The number of esters is 2. The summed E-state index contributed by atoms with van der Waals surface area (Å²) in [7, 11) is -4.33. The highest BCUT2D eigenvalue weighted by molar-refractivity contribution is 7.84. The molecule has 45 heavy (non-hydrogen) atoms. The largest absolute Gasteiger partial charge is 0.467 e. The van der Waals surface area contributed by atoms with Crippen LogP contribution in [0.3, 0.4) is 0 Å². The first-order valence-electron chi connectivity index (χ1n) is 12.2. The van der Waals surface area contributed by atoms with Gasteiger partial charge in [-0.15, -0.1) is 22.9 Å². The Morgan fingerprint density at radius 2 is 1.89 bits per heavy atom. The minimum absolute atomic E-state index is 0.0392. The molecule has 242 valence electrons. The molecule has 1 aliphatic rings. The van der Waals surface area contributed by atoms with Gasteiger partial charge in [-0.3, -0.25) is 29.1 Å². The maximum Gasteiger partial charge on any atom is 0.363 e. The van der Waals surface area contributed by atoms with E-state index in [-0.39, 0.29) is 27.4 Å². The molecule has 1 fully saturated rings. The molecule has 0 saturated carbocycles. The Morgan fingerprint density at radius 3 is 2.44 bits per heavy atom.